The highest BCUT2D eigenvalue weighted by atomic mass is 19.1. The molecule has 0 spiro atoms. The van der Waals surface area contributed by atoms with Crippen LogP contribution in [0.5, 0.6) is 0 Å². The molecule has 2 unspecified atom stereocenters. The lowest BCUT2D eigenvalue weighted by atomic mass is 9.93. The predicted octanol–water partition coefficient (Wildman–Crippen LogP) is 3.11. The van der Waals surface area contributed by atoms with E-state index in [0.29, 0.717) is 0 Å². The van der Waals surface area contributed by atoms with Gasteiger partial charge < -0.3 is 15.0 Å². The molecule has 2 rings (SSSR count). The van der Waals surface area contributed by atoms with E-state index in [1.807, 2.05) is 13.1 Å². The van der Waals surface area contributed by atoms with E-state index >= 15 is 0 Å². The monoisotopic (exact) mass is 280 g/mol. The number of methoxy groups -OCH3 is 1. The third kappa shape index (κ3) is 2.96. The van der Waals surface area contributed by atoms with Crippen LogP contribution in [0.1, 0.15) is 38.3 Å². The summed E-state index contributed by atoms with van der Waals surface area (Å²) in [5, 5.41) is 3.20. The average Bonchev–Trinajstić information content (AvgIpc) is 2.46. The van der Waals surface area contributed by atoms with Crippen molar-refractivity contribution in [1.29, 1.82) is 0 Å². The zero-order valence-electron chi connectivity index (χ0n) is 12.9. The Hall–Kier alpha value is -1.13. The van der Waals surface area contributed by atoms with Gasteiger partial charge in [-0.05, 0) is 45.4 Å². The first-order chi connectivity index (χ1) is 9.50. The number of hydrogen-bond donors (Lipinski definition) is 1. The largest absolute Gasteiger partial charge is 0.377 e. The molecule has 2 atom stereocenters. The molecule has 1 aliphatic heterocycles. The number of piperidine rings is 1. The summed E-state index contributed by atoms with van der Waals surface area (Å²) in [4.78, 5) is 2.13. The molecule has 20 heavy (non-hydrogen) atoms. The first kappa shape index (κ1) is 15.3. The van der Waals surface area contributed by atoms with Gasteiger partial charge in [-0.1, -0.05) is 12.1 Å². The van der Waals surface area contributed by atoms with Crippen molar-refractivity contribution < 1.29 is 9.13 Å². The van der Waals surface area contributed by atoms with E-state index in [1.54, 1.807) is 19.2 Å². The average molecular weight is 280 g/mol. The first-order valence-corrected chi connectivity index (χ1v) is 7.26. The molecule has 1 N–H and O–H groups in total. The van der Waals surface area contributed by atoms with E-state index in [1.165, 1.54) is 0 Å². The molecule has 0 aromatic heterocycles. The predicted molar refractivity (Wildman–Crippen MR) is 80.7 cm³/mol. The van der Waals surface area contributed by atoms with E-state index in [0.717, 1.165) is 37.2 Å². The minimum Gasteiger partial charge on any atom is -0.377 e. The molecule has 3 nitrogen and oxygen atoms in total. The van der Waals surface area contributed by atoms with Crippen LogP contribution >= 0.6 is 0 Å². The minimum atomic E-state index is -0.194. The third-order valence-electron chi connectivity index (χ3n) is 4.39. The van der Waals surface area contributed by atoms with Crippen LogP contribution in [0.15, 0.2) is 18.2 Å². The number of para-hydroxylation sites is 1. The van der Waals surface area contributed by atoms with Crippen LogP contribution in [0.4, 0.5) is 10.1 Å². The first-order valence-electron chi connectivity index (χ1n) is 7.26. The molecule has 1 heterocycles. The van der Waals surface area contributed by atoms with Gasteiger partial charge in [0.25, 0.3) is 0 Å². The third-order valence-corrected chi connectivity index (χ3v) is 4.39. The van der Waals surface area contributed by atoms with Crippen molar-refractivity contribution in [3.63, 3.8) is 0 Å². The van der Waals surface area contributed by atoms with E-state index in [2.05, 4.69) is 24.1 Å². The van der Waals surface area contributed by atoms with E-state index in [-0.39, 0.29) is 17.5 Å². The van der Waals surface area contributed by atoms with Crippen LogP contribution < -0.4 is 10.2 Å². The van der Waals surface area contributed by atoms with E-state index in [9.17, 15) is 4.39 Å². The summed E-state index contributed by atoms with van der Waals surface area (Å²) in [6.45, 7) is 5.76. The van der Waals surface area contributed by atoms with Gasteiger partial charge in [-0.25, -0.2) is 4.39 Å². The number of anilines is 1. The number of benzene rings is 1. The molecule has 1 aromatic rings. The summed E-state index contributed by atoms with van der Waals surface area (Å²) in [6.07, 6.45) is 2.04. The van der Waals surface area contributed by atoms with Gasteiger partial charge in [0.2, 0.25) is 0 Å². The maximum absolute atomic E-state index is 14.4. The Bertz CT molecular complexity index is 466. The Morgan fingerprint density at radius 2 is 2.20 bits per heavy atom. The van der Waals surface area contributed by atoms with Crippen LogP contribution in [0.3, 0.4) is 0 Å². The van der Waals surface area contributed by atoms with Crippen LogP contribution in [-0.4, -0.2) is 32.8 Å². The van der Waals surface area contributed by atoms with Crippen LogP contribution in [0.2, 0.25) is 0 Å². The Balaban J connectivity index is 2.36. The molecular formula is C16H25FN2O. The highest BCUT2D eigenvalue weighted by Crippen LogP contribution is 2.34. The summed E-state index contributed by atoms with van der Waals surface area (Å²) in [7, 11) is 3.64. The zero-order chi connectivity index (χ0) is 14.8. The van der Waals surface area contributed by atoms with Crippen molar-refractivity contribution in [2.45, 2.75) is 38.3 Å². The lowest BCUT2D eigenvalue weighted by molar-refractivity contribution is -0.00481. The summed E-state index contributed by atoms with van der Waals surface area (Å²) in [6, 6.07) is 5.44. The topological polar surface area (TPSA) is 24.5 Å². The second-order valence-corrected chi connectivity index (χ2v) is 5.87. The molecule has 0 aliphatic carbocycles. The van der Waals surface area contributed by atoms with Gasteiger partial charge in [-0.2, -0.15) is 0 Å². The van der Waals surface area contributed by atoms with Gasteiger partial charge in [0.1, 0.15) is 5.82 Å². The number of halogens is 1. The molecule has 0 amide bonds. The Morgan fingerprint density at radius 3 is 2.85 bits per heavy atom. The van der Waals surface area contributed by atoms with E-state index < -0.39 is 0 Å². The molecule has 1 aromatic carbocycles. The fourth-order valence-corrected chi connectivity index (χ4v) is 2.93. The fourth-order valence-electron chi connectivity index (χ4n) is 2.93. The van der Waals surface area contributed by atoms with Crippen LogP contribution in [0.25, 0.3) is 0 Å². The molecule has 0 bridgehead atoms. The summed E-state index contributed by atoms with van der Waals surface area (Å²) >= 11 is 0. The zero-order valence-corrected chi connectivity index (χ0v) is 12.9. The fraction of sp³-hybridized carbons (Fsp3) is 0.625. The highest BCUT2D eigenvalue weighted by molar-refractivity contribution is 5.56. The Morgan fingerprint density at radius 1 is 1.45 bits per heavy atom. The van der Waals surface area contributed by atoms with Crippen molar-refractivity contribution in [2.75, 3.05) is 32.1 Å². The number of ether oxygens (including phenoxy) is 1. The number of nitrogens with zero attached hydrogens (tertiary/aromatic N) is 1. The maximum atomic E-state index is 14.4. The number of nitrogens with one attached hydrogen (secondary N) is 1. The van der Waals surface area contributed by atoms with Crippen molar-refractivity contribution in [3.05, 3.63) is 29.6 Å². The Kier molecular flexibility index (Phi) is 4.66. The number of hydrogen-bond acceptors (Lipinski definition) is 3. The van der Waals surface area contributed by atoms with Gasteiger partial charge in [0.05, 0.1) is 11.3 Å². The molecule has 112 valence electrons. The SMILES string of the molecule is CNC(C)c1cccc(F)c1N1CCCC(C)(OC)C1. The summed E-state index contributed by atoms with van der Waals surface area (Å²) in [5.41, 5.74) is 1.53. The van der Waals surface area contributed by atoms with Gasteiger partial charge in [-0.15, -0.1) is 0 Å². The molecule has 4 heteroatoms. The molecule has 0 saturated carbocycles. The van der Waals surface area contributed by atoms with Crippen molar-refractivity contribution >= 4 is 5.69 Å². The second kappa shape index (κ2) is 6.10. The maximum Gasteiger partial charge on any atom is 0.146 e. The molecule has 0 radical (unpaired) electrons. The van der Waals surface area contributed by atoms with Gasteiger partial charge in [0.15, 0.2) is 0 Å². The molecule has 1 saturated heterocycles. The second-order valence-electron chi connectivity index (χ2n) is 5.87. The quantitative estimate of drug-likeness (QED) is 0.917. The molecular weight excluding hydrogens is 255 g/mol. The van der Waals surface area contributed by atoms with Gasteiger partial charge >= 0.3 is 0 Å². The smallest absolute Gasteiger partial charge is 0.146 e. The standard InChI is InChI=1S/C16H25FN2O/c1-12(18-3)13-7-5-8-14(17)15(13)19-10-6-9-16(2,11-19)20-4/h5,7-8,12,18H,6,9-11H2,1-4H3. The van der Waals surface area contributed by atoms with Gasteiger partial charge in [-0.3, -0.25) is 0 Å². The molecule has 1 aliphatic rings. The van der Waals surface area contributed by atoms with Crippen LogP contribution in [0, 0.1) is 5.82 Å². The normalized spacial score (nSPS) is 24.8. The molecule has 1 fully saturated rings. The van der Waals surface area contributed by atoms with Crippen molar-refractivity contribution in [1.82, 2.24) is 5.32 Å². The van der Waals surface area contributed by atoms with Crippen molar-refractivity contribution in [3.8, 4) is 0 Å². The Labute approximate surface area is 121 Å². The van der Waals surface area contributed by atoms with Gasteiger partial charge in [0, 0.05) is 26.2 Å². The lowest BCUT2D eigenvalue weighted by Crippen LogP contribution is -2.48. The lowest BCUT2D eigenvalue weighted by Gasteiger charge is -2.41. The highest BCUT2D eigenvalue weighted by Gasteiger charge is 2.33. The van der Waals surface area contributed by atoms with Crippen LogP contribution in [-0.2, 0) is 4.74 Å². The number of rotatable bonds is 4. The summed E-state index contributed by atoms with van der Waals surface area (Å²) < 4.78 is 20.0. The van der Waals surface area contributed by atoms with E-state index in [4.69, 9.17) is 4.74 Å². The minimum absolute atomic E-state index is 0.122. The van der Waals surface area contributed by atoms with Crippen molar-refractivity contribution in [2.24, 2.45) is 0 Å². The summed E-state index contributed by atoms with van der Waals surface area (Å²) in [5.74, 6) is -0.148.